The smallest absolute Gasteiger partial charge is 0.206 e. The highest BCUT2D eigenvalue weighted by Gasteiger charge is 2.07. The molecule has 4 nitrogen and oxygen atoms in total. The summed E-state index contributed by atoms with van der Waals surface area (Å²) < 4.78 is 20.2. The summed E-state index contributed by atoms with van der Waals surface area (Å²) in [6, 6.07) is 9.92. The minimum atomic E-state index is -0.271. The second-order valence-corrected chi connectivity index (χ2v) is 6.09. The Morgan fingerprint density at radius 3 is 2.79 bits per heavy atom. The molecule has 2 aromatic heterocycles. The number of aromatic nitrogens is 1. The van der Waals surface area contributed by atoms with Gasteiger partial charge in [-0.25, -0.2) is 9.07 Å². The number of benzene rings is 1. The van der Waals surface area contributed by atoms with Gasteiger partial charge in [0.25, 0.3) is 0 Å². The molecule has 0 bridgehead atoms. The Balaban J connectivity index is 2.06. The lowest BCUT2D eigenvalue weighted by atomic mass is 10.2. The first kappa shape index (κ1) is 16.1. The number of furan rings is 1. The van der Waals surface area contributed by atoms with Crippen molar-refractivity contribution in [2.45, 2.75) is 6.92 Å². The minimum Gasteiger partial charge on any atom is -0.463 e. The summed E-state index contributed by atoms with van der Waals surface area (Å²) in [7, 11) is 0. The van der Waals surface area contributed by atoms with Gasteiger partial charge in [-0.05, 0) is 43.3 Å². The van der Waals surface area contributed by atoms with Gasteiger partial charge in [0.05, 0.1) is 24.7 Å². The van der Waals surface area contributed by atoms with Gasteiger partial charge >= 0.3 is 0 Å². The maximum absolute atomic E-state index is 13.2. The molecule has 0 saturated carbocycles. The zero-order valence-corrected chi connectivity index (χ0v) is 14.0. The predicted molar refractivity (Wildman–Crippen MR) is 94.6 cm³/mol. The van der Waals surface area contributed by atoms with Gasteiger partial charge in [-0.1, -0.05) is 12.2 Å². The van der Waals surface area contributed by atoms with Crippen molar-refractivity contribution < 1.29 is 8.81 Å². The van der Waals surface area contributed by atoms with Crippen LogP contribution < -0.4 is 4.80 Å². The lowest BCUT2D eigenvalue weighted by molar-refractivity contribution is 0.559. The average Bonchev–Trinajstić information content (AvgIpc) is 3.21. The Hall–Kier alpha value is -2.73. The summed E-state index contributed by atoms with van der Waals surface area (Å²) in [6.45, 7) is 6.32. The molecule has 0 N–H and O–H groups in total. The van der Waals surface area contributed by atoms with Crippen molar-refractivity contribution in [3.8, 4) is 11.3 Å². The van der Waals surface area contributed by atoms with E-state index in [0.717, 1.165) is 21.6 Å². The first-order valence-corrected chi connectivity index (χ1v) is 8.20. The highest BCUT2D eigenvalue weighted by atomic mass is 32.1. The van der Waals surface area contributed by atoms with Crippen LogP contribution in [0.25, 0.3) is 11.3 Å². The van der Waals surface area contributed by atoms with E-state index in [1.165, 1.54) is 23.5 Å². The molecule has 0 amide bonds. The molecule has 0 unspecified atom stereocenters. The molecule has 3 rings (SSSR count). The van der Waals surface area contributed by atoms with Crippen molar-refractivity contribution in [2.75, 3.05) is 6.54 Å². The van der Waals surface area contributed by atoms with Crippen molar-refractivity contribution >= 4 is 17.6 Å². The molecule has 0 aliphatic rings. The number of halogens is 1. The summed E-state index contributed by atoms with van der Waals surface area (Å²) in [6.07, 6.45) is 3.21. The van der Waals surface area contributed by atoms with E-state index in [4.69, 9.17) is 4.42 Å². The maximum Gasteiger partial charge on any atom is 0.206 e. The molecular weight excluding hydrogens is 325 g/mol. The van der Waals surface area contributed by atoms with Crippen molar-refractivity contribution in [1.82, 2.24) is 4.68 Å². The van der Waals surface area contributed by atoms with Crippen LogP contribution >= 0.6 is 11.3 Å². The number of nitrogens with zero attached hydrogens (tertiary/aromatic N) is 3. The van der Waals surface area contributed by atoms with Gasteiger partial charge in [0.15, 0.2) is 0 Å². The topological polar surface area (TPSA) is 42.8 Å². The van der Waals surface area contributed by atoms with Gasteiger partial charge in [-0.3, -0.25) is 4.99 Å². The highest BCUT2D eigenvalue weighted by Crippen LogP contribution is 2.20. The second kappa shape index (κ2) is 7.23. The van der Waals surface area contributed by atoms with Crippen LogP contribution in [0.1, 0.15) is 12.7 Å². The summed E-state index contributed by atoms with van der Waals surface area (Å²) >= 11 is 1.47. The zero-order chi connectivity index (χ0) is 16.9. The van der Waals surface area contributed by atoms with E-state index >= 15 is 0 Å². The molecule has 1 aromatic carbocycles. The van der Waals surface area contributed by atoms with Gasteiger partial charge < -0.3 is 4.42 Å². The average molecular weight is 341 g/mol. The lowest BCUT2D eigenvalue weighted by Gasteiger charge is -2.03. The number of rotatable bonds is 5. The van der Waals surface area contributed by atoms with E-state index in [-0.39, 0.29) is 5.82 Å². The molecule has 3 aromatic rings. The van der Waals surface area contributed by atoms with Crippen molar-refractivity contribution in [2.24, 2.45) is 10.1 Å². The van der Waals surface area contributed by atoms with E-state index in [1.807, 2.05) is 18.4 Å². The third-order valence-corrected chi connectivity index (χ3v) is 4.01. The molecule has 2 heterocycles. The fourth-order valence-corrected chi connectivity index (χ4v) is 2.86. The Labute approximate surface area is 142 Å². The Bertz CT molecular complexity index is 918. The Morgan fingerprint density at radius 1 is 1.33 bits per heavy atom. The molecule has 24 heavy (non-hydrogen) atoms. The number of thiazole rings is 1. The van der Waals surface area contributed by atoms with Crippen molar-refractivity contribution in [3.05, 3.63) is 76.6 Å². The molecule has 0 aliphatic carbocycles. The van der Waals surface area contributed by atoms with Crippen LogP contribution in [0.15, 0.2) is 74.7 Å². The largest absolute Gasteiger partial charge is 0.463 e. The van der Waals surface area contributed by atoms with Crippen LogP contribution in [0.5, 0.6) is 0 Å². The second-order valence-electron chi connectivity index (χ2n) is 5.26. The molecule has 0 atom stereocenters. The first-order valence-electron chi connectivity index (χ1n) is 7.33. The van der Waals surface area contributed by atoms with Crippen LogP contribution in [0, 0.1) is 5.82 Å². The van der Waals surface area contributed by atoms with Crippen molar-refractivity contribution in [1.29, 1.82) is 0 Å². The van der Waals surface area contributed by atoms with Gasteiger partial charge in [0.1, 0.15) is 11.6 Å². The lowest BCUT2D eigenvalue weighted by Crippen LogP contribution is -2.12. The van der Waals surface area contributed by atoms with E-state index < -0.39 is 0 Å². The fourth-order valence-electron chi connectivity index (χ4n) is 2.02. The van der Waals surface area contributed by atoms with E-state index in [9.17, 15) is 4.39 Å². The molecule has 122 valence electrons. The highest BCUT2D eigenvalue weighted by molar-refractivity contribution is 7.07. The summed E-state index contributed by atoms with van der Waals surface area (Å²) in [4.78, 5) is 5.27. The van der Waals surface area contributed by atoms with Crippen LogP contribution in [0.3, 0.4) is 0 Å². The third-order valence-electron chi connectivity index (χ3n) is 3.15. The van der Waals surface area contributed by atoms with Gasteiger partial charge in [-0.15, -0.1) is 11.3 Å². The van der Waals surface area contributed by atoms with Gasteiger partial charge in [-0.2, -0.15) is 5.10 Å². The summed E-state index contributed by atoms with van der Waals surface area (Å²) in [5.74, 6) is 0.372. The minimum absolute atomic E-state index is 0.271. The van der Waals surface area contributed by atoms with Crippen LogP contribution in [-0.4, -0.2) is 17.4 Å². The van der Waals surface area contributed by atoms with Gasteiger partial charge in [0, 0.05) is 10.9 Å². The quantitative estimate of drug-likeness (QED) is 0.504. The van der Waals surface area contributed by atoms with Crippen LogP contribution in [0.2, 0.25) is 0 Å². The summed E-state index contributed by atoms with van der Waals surface area (Å²) in [5, 5.41) is 6.42. The monoisotopic (exact) mass is 341 g/mol. The number of hydrogen-bond donors (Lipinski definition) is 0. The molecule has 0 radical (unpaired) electrons. The molecule has 0 fully saturated rings. The molecule has 0 saturated heterocycles. The Morgan fingerprint density at radius 2 is 2.12 bits per heavy atom. The van der Waals surface area contributed by atoms with E-state index in [0.29, 0.717) is 12.3 Å². The standard InChI is InChI=1S/C18H16FN3OS/c1-13(2)10-20-18-22(21-11-16-4-3-9-23-16)17(12-24-18)14-5-7-15(19)8-6-14/h3-9,11-12H,1,10H2,2H3. The Kier molecular flexibility index (Phi) is 4.86. The maximum atomic E-state index is 13.2. The fraction of sp³-hybridized carbons (Fsp3) is 0.111. The van der Waals surface area contributed by atoms with Crippen LogP contribution in [0.4, 0.5) is 4.39 Å². The number of hydrogen-bond acceptors (Lipinski definition) is 4. The zero-order valence-electron chi connectivity index (χ0n) is 13.1. The SMILES string of the molecule is C=C(C)CN=c1scc(-c2ccc(F)cc2)n1N=Cc1ccco1. The third kappa shape index (κ3) is 3.78. The van der Waals surface area contributed by atoms with Crippen LogP contribution in [-0.2, 0) is 0 Å². The van der Waals surface area contributed by atoms with E-state index in [1.54, 1.807) is 35.4 Å². The molecule has 0 spiro atoms. The first-order chi connectivity index (χ1) is 11.6. The molecule has 6 heteroatoms. The normalized spacial score (nSPS) is 12.2. The summed E-state index contributed by atoms with van der Waals surface area (Å²) in [5.41, 5.74) is 2.66. The van der Waals surface area contributed by atoms with E-state index in [2.05, 4.69) is 16.7 Å². The van der Waals surface area contributed by atoms with Gasteiger partial charge in [0.2, 0.25) is 4.80 Å². The van der Waals surface area contributed by atoms with Crippen molar-refractivity contribution in [3.63, 3.8) is 0 Å². The molecular formula is C18H16FN3OS. The predicted octanol–water partition coefficient (Wildman–Crippen LogP) is 4.31. The molecule has 0 aliphatic heterocycles.